The number of benzene rings is 2. The van der Waals surface area contributed by atoms with E-state index in [2.05, 4.69) is 10.6 Å². The molecule has 0 aliphatic heterocycles. The van der Waals surface area contributed by atoms with Crippen molar-refractivity contribution in [1.82, 2.24) is 0 Å². The molecule has 0 unspecified atom stereocenters. The van der Waals surface area contributed by atoms with Crippen molar-refractivity contribution in [3.8, 4) is 0 Å². The van der Waals surface area contributed by atoms with Gasteiger partial charge in [-0.25, -0.2) is 9.59 Å². The van der Waals surface area contributed by atoms with Crippen LogP contribution >= 0.6 is 0 Å². The second-order valence-electron chi connectivity index (χ2n) is 5.05. The molecule has 0 bridgehead atoms. The molecule has 2 aromatic rings. The Labute approximate surface area is 133 Å². The number of carboxylic acid groups (broad SMARTS) is 2. The Bertz CT molecular complexity index is 693. The van der Waals surface area contributed by atoms with Crippen molar-refractivity contribution in [2.24, 2.45) is 0 Å². The van der Waals surface area contributed by atoms with Crippen LogP contribution in [-0.4, -0.2) is 36.2 Å². The molecule has 6 nitrogen and oxygen atoms in total. The van der Waals surface area contributed by atoms with Crippen LogP contribution in [0.2, 0.25) is 0 Å². The average molecular weight is 314 g/mol. The Morgan fingerprint density at radius 1 is 0.826 bits per heavy atom. The molecule has 2 rings (SSSR count). The monoisotopic (exact) mass is 314 g/mol. The lowest BCUT2D eigenvalue weighted by molar-refractivity contribution is 0.0687. The molecule has 2 aromatic carbocycles. The predicted octanol–water partition coefficient (Wildman–Crippen LogP) is 2.76. The molecule has 0 amide bonds. The summed E-state index contributed by atoms with van der Waals surface area (Å²) in [6.45, 7) is 0. The minimum Gasteiger partial charge on any atom is -0.478 e. The molecule has 0 radical (unpaired) electrons. The summed E-state index contributed by atoms with van der Waals surface area (Å²) >= 11 is 0. The molecule has 6 heteroatoms. The largest absolute Gasteiger partial charge is 0.478 e. The third kappa shape index (κ3) is 3.60. The molecule has 0 aliphatic rings. The fourth-order valence-corrected chi connectivity index (χ4v) is 2.43. The Morgan fingerprint density at radius 3 is 1.52 bits per heavy atom. The van der Waals surface area contributed by atoms with Gasteiger partial charge in [-0.05, 0) is 41.8 Å². The van der Waals surface area contributed by atoms with Crippen LogP contribution in [0.15, 0.2) is 36.4 Å². The van der Waals surface area contributed by atoms with E-state index in [0.29, 0.717) is 17.8 Å². The molecule has 0 spiro atoms. The number of nitrogens with one attached hydrogen (secondary N) is 2. The van der Waals surface area contributed by atoms with Gasteiger partial charge in [0.2, 0.25) is 0 Å². The van der Waals surface area contributed by atoms with E-state index in [1.54, 1.807) is 50.5 Å². The summed E-state index contributed by atoms with van der Waals surface area (Å²) in [5.74, 6) is -1.96. The first-order valence-corrected chi connectivity index (χ1v) is 7.04. The first-order chi connectivity index (χ1) is 11.0. The van der Waals surface area contributed by atoms with Gasteiger partial charge in [0.05, 0.1) is 11.1 Å². The number of hydrogen-bond donors (Lipinski definition) is 4. The smallest absolute Gasteiger partial charge is 0.337 e. The molecule has 0 saturated carbocycles. The highest BCUT2D eigenvalue weighted by atomic mass is 16.4. The van der Waals surface area contributed by atoms with E-state index in [9.17, 15) is 9.59 Å². The van der Waals surface area contributed by atoms with Crippen molar-refractivity contribution in [3.63, 3.8) is 0 Å². The number of carboxylic acids is 2. The molecule has 0 aromatic heterocycles. The van der Waals surface area contributed by atoms with Crippen molar-refractivity contribution >= 4 is 23.3 Å². The lowest BCUT2D eigenvalue weighted by atomic mass is 10.00. The lowest BCUT2D eigenvalue weighted by Gasteiger charge is -2.11. The fourth-order valence-electron chi connectivity index (χ4n) is 2.43. The van der Waals surface area contributed by atoms with Gasteiger partial charge < -0.3 is 20.8 Å². The van der Waals surface area contributed by atoms with Gasteiger partial charge in [0, 0.05) is 25.5 Å². The topological polar surface area (TPSA) is 98.7 Å². The summed E-state index contributed by atoms with van der Waals surface area (Å²) in [5, 5.41) is 24.0. The molecular weight excluding hydrogens is 296 g/mol. The van der Waals surface area contributed by atoms with Crippen LogP contribution in [0.5, 0.6) is 0 Å². The molecule has 0 aliphatic carbocycles. The summed E-state index contributed by atoms with van der Waals surface area (Å²) in [5.41, 5.74) is 3.40. The normalized spacial score (nSPS) is 10.2. The zero-order valence-corrected chi connectivity index (χ0v) is 12.9. The molecule has 0 fully saturated rings. The fraction of sp³-hybridized carbons (Fsp3) is 0.176. The summed E-state index contributed by atoms with van der Waals surface area (Å²) in [7, 11) is 3.35. The minimum absolute atomic E-state index is 0.216. The highest BCUT2D eigenvalue weighted by Gasteiger charge is 2.12. The van der Waals surface area contributed by atoms with Gasteiger partial charge in [0.1, 0.15) is 0 Å². The highest BCUT2D eigenvalue weighted by molar-refractivity contribution is 5.95. The van der Waals surface area contributed by atoms with Gasteiger partial charge in [-0.3, -0.25) is 0 Å². The SMILES string of the molecule is CNc1cc(Cc2ccc(C(=O)O)c(NC)c2)ccc1C(=O)O. The average Bonchev–Trinajstić information content (AvgIpc) is 2.54. The van der Waals surface area contributed by atoms with Crippen LogP contribution in [-0.2, 0) is 6.42 Å². The third-order valence-electron chi connectivity index (χ3n) is 3.58. The van der Waals surface area contributed by atoms with Crippen molar-refractivity contribution in [3.05, 3.63) is 58.7 Å². The lowest BCUT2D eigenvalue weighted by Crippen LogP contribution is -2.05. The number of rotatable bonds is 6. The Hall–Kier alpha value is -3.02. The summed E-state index contributed by atoms with van der Waals surface area (Å²) in [6, 6.07) is 10.2. The minimum atomic E-state index is -0.982. The zero-order chi connectivity index (χ0) is 17.0. The molecule has 120 valence electrons. The van der Waals surface area contributed by atoms with Crippen LogP contribution in [0.3, 0.4) is 0 Å². The van der Waals surface area contributed by atoms with Gasteiger partial charge in [-0.1, -0.05) is 12.1 Å². The van der Waals surface area contributed by atoms with E-state index in [4.69, 9.17) is 10.2 Å². The molecular formula is C17H18N2O4. The van der Waals surface area contributed by atoms with Crippen LogP contribution in [0, 0.1) is 0 Å². The standard InChI is InChI=1S/C17H18N2O4/c1-18-14-8-10(3-5-12(14)16(20)21)7-11-4-6-13(17(22)23)15(9-11)19-2/h3-6,8-9,18-19H,7H2,1-2H3,(H,20,21)(H,22,23). The number of carbonyl (C=O) groups is 2. The van der Waals surface area contributed by atoms with Crippen molar-refractivity contribution in [2.45, 2.75) is 6.42 Å². The number of aromatic carboxylic acids is 2. The predicted molar refractivity (Wildman–Crippen MR) is 88.7 cm³/mol. The van der Waals surface area contributed by atoms with Crippen molar-refractivity contribution < 1.29 is 19.8 Å². The zero-order valence-electron chi connectivity index (χ0n) is 12.9. The van der Waals surface area contributed by atoms with Gasteiger partial charge >= 0.3 is 11.9 Å². The van der Waals surface area contributed by atoms with Crippen LogP contribution < -0.4 is 10.6 Å². The molecule has 23 heavy (non-hydrogen) atoms. The van der Waals surface area contributed by atoms with Crippen molar-refractivity contribution in [1.29, 1.82) is 0 Å². The molecule has 0 atom stereocenters. The quantitative estimate of drug-likeness (QED) is 0.654. The maximum absolute atomic E-state index is 11.1. The van der Waals surface area contributed by atoms with Gasteiger partial charge in [0.15, 0.2) is 0 Å². The number of hydrogen-bond acceptors (Lipinski definition) is 4. The van der Waals surface area contributed by atoms with E-state index in [0.717, 1.165) is 11.1 Å². The maximum Gasteiger partial charge on any atom is 0.337 e. The van der Waals surface area contributed by atoms with E-state index in [1.165, 1.54) is 0 Å². The Balaban J connectivity index is 2.32. The van der Waals surface area contributed by atoms with Gasteiger partial charge in [0.25, 0.3) is 0 Å². The molecule has 0 saturated heterocycles. The van der Waals surface area contributed by atoms with E-state index >= 15 is 0 Å². The highest BCUT2D eigenvalue weighted by Crippen LogP contribution is 2.23. The van der Waals surface area contributed by atoms with Gasteiger partial charge in [-0.15, -0.1) is 0 Å². The van der Waals surface area contributed by atoms with Crippen molar-refractivity contribution in [2.75, 3.05) is 24.7 Å². The second kappa shape index (κ2) is 6.83. The first kappa shape index (κ1) is 16.4. The first-order valence-electron chi connectivity index (χ1n) is 7.04. The Kier molecular flexibility index (Phi) is 4.85. The molecule has 0 heterocycles. The maximum atomic E-state index is 11.1. The van der Waals surface area contributed by atoms with E-state index < -0.39 is 11.9 Å². The Morgan fingerprint density at radius 2 is 1.22 bits per heavy atom. The summed E-state index contributed by atoms with van der Waals surface area (Å²) < 4.78 is 0. The van der Waals surface area contributed by atoms with Crippen LogP contribution in [0.25, 0.3) is 0 Å². The van der Waals surface area contributed by atoms with E-state index in [-0.39, 0.29) is 11.1 Å². The third-order valence-corrected chi connectivity index (χ3v) is 3.58. The summed E-state index contributed by atoms with van der Waals surface area (Å²) in [4.78, 5) is 22.3. The van der Waals surface area contributed by atoms with Crippen LogP contribution in [0.4, 0.5) is 11.4 Å². The molecule has 4 N–H and O–H groups in total. The van der Waals surface area contributed by atoms with Gasteiger partial charge in [-0.2, -0.15) is 0 Å². The van der Waals surface area contributed by atoms with E-state index in [1.807, 2.05) is 0 Å². The number of anilines is 2. The second-order valence-corrected chi connectivity index (χ2v) is 5.05. The summed E-state index contributed by atoms with van der Waals surface area (Å²) in [6.07, 6.45) is 0.573. The van der Waals surface area contributed by atoms with Crippen LogP contribution in [0.1, 0.15) is 31.8 Å².